The van der Waals surface area contributed by atoms with Crippen LogP contribution in [0, 0.1) is 5.92 Å². The second kappa shape index (κ2) is 9.67. The number of hydrogen-bond acceptors (Lipinski definition) is 3. The van der Waals surface area contributed by atoms with Crippen LogP contribution in [-0.2, 0) is 16.3 Å². The zero-order chi connectivity index (χ0) is 27.5. The Hall–Kier alpha value is -2.37. The van der Waals surface area contributed by atoms with Crippen LogP contribution in [0.15, 0.2) is 60.7 Å². The number of fused-ring (bicyclic) bond motifs is 1. The number of hydrogen-bond donors (Lipinski definition) is 0. The predicted molar refractivity (Wildman–Crippen MR) is 157 cm³/mol. The van der Waals surface area contributed by atoms with E-state index in [1.54, 1.807) is 0 Å². The summed E-state index contributed by atoms with van der Waals surface area (Å²) in [4.78, 5) is 16.1. The van der Waals surface area contributed by atoms with E-state index >= 15 is 0 Å². The molecule has 4 nitrogen and oxygen atoms in total. The molecule has 1 unspecified atom stereocenters. The number of carbonyl (C=O) groups is 1. The fourth-order valence-electron chi connectivity index (χ4n) is 6.93. The van der Waals surface area contributed by atoms with Gasteiger partial charge in [-0.15, -0.1) is 0 Å². The summed E-state index contributed by atoms with van der Waals surface area (Å²) in [7, 11) is -2.03. The number of nitrogens with zero attached hydrogens (tertiary/aromatic N) is 1. The summed E-state index contributed by atoms with van der Waals surface area (Å²) in [6.45, 7) is 21.0. The summed E-state index contributed by atoms with van der Waals surface area (Å²) >= 11 is 0. The molecule has 2 aliphatic carbocycles. The minimum Gasteiger partial charge on any atom is -0.491 e. The van der Waals surface area contributed by atoms with Crippen molar-refractivity contribution in [1.29, 1.82) is 0 Å². The van der Waals surface area contributed by atoms with Crippen LogP contribution < -0.4 is 4.74 Å². The monoisotopic (exact) mass is 531 g/mol. The molecule has 5 heteroatoms. The molecule has 2 fully saturated rings. The number of rotatable bonds is 7. The minimum atomic E-state index is -2.03. The molecule has 2 aromatic carbocycles. The standard InChI is InChI=1S/C33H45NO3Si/c1-22(2)36-25-18-16-24(17-19-25)20-21-34-30-23(3)27-14-11-15-29(37-38(7,8)32(4,5)6)33(27,30)28-13-10-9-12-26(28)31(34)35/h9-10,12-13,16-19,22,27,29-30H,3,11,14-15,20-21H2,1-2,4-8H3/t27?,29-,30-,33-/m1/s1. The molecule has 2 aromatic rings. The molecule has 0 aromatic heterocycles. The fraction of sp³-hybridized carbons (Fsp3) is 0.545. The molecule has 5 rings (SSSR count). The Balaban J connectivity index is 1.50. The molecule has 3 aliphatic rings. The summed E-state index contributed by atoms with van der Waals surface area (Å²) in [5, 5.41) is 0.127. The molecule has 38 heavy (non-hydrogen) atoms. The number of ether oxygens (including phenoxy) is 1. The second-order valence-corrected chi connectivity index (χ2v) is 18.1. The largest absolute Gasteiger partial charge is 0.491 e. The molecule has 0 radical (unpaired) electrons. The Labute approximate surface area is 230 Å². The molecule has 204 valence electrons. The third kappa shape index (κ3) is 4.26. The molecule has 4 atom stereocenters. The lowest BCUT2D eigenvalue weighted by Gasteiger charge is -2.69. The first kappa shape index (κ1) is 27.2. The molecule has 1 spiro atoms. The smallest absolute Gasteiger partial charge is 0.254 e. The lowest BCUT2D eigenvalue weighted by molar-refractivity contribution is -0.0732. The van der Waals surface area contributed by atoms with Gasteiger partial charge in [0.15, 0.2) is 8.32 Å². The molecule has 2 saturated carbocycles. The van der Waals surface area contributed by atoms with Gasteiger partial charge in [-0.05, 0) is 92.1 Å². The van der Waals surface area contributed by atoms with Crippen molar-refractivity contribution in [3.63, 3.8) is 0 Å². The van der Waals surface area contributed by atoms with Crippen molar-refractivity contribution in [2.75, 3.05) is 6.54 Å². The summed E-state index contributed by atoms with van der Waals surface area (Å²) in [5.74, 6) is 1.38. The highest BCUT2D eigenvalue weighted by Gasteiger charge is 2.69. The Morgan fingerprint density at radius 3 is 2.42 bits per heavy atom. The van der Waals surface area contributed by atoms with Crippen molar-refractivity contribution in [3.8, 4) is 5.75 Å². The maximum atomic E-state index is 14.0. The van der Waals surface area contributed by atoms with Gasteiger partial charge in [0.2, 0.25) is 0 Å². The Morgan fingerprint density at radius 1 is 1.08 bits per heavy atom. The van der Waals surface area contributed by atoms with Crippen LogP contribution >= 0.6 is 0 Å². The molecule has 0 saturated heterocycles. The highest BCUT2D eigenvalue weighted by molar-refractivity contribution is 6.74. The quantitative estimate of drug-likeness (QED) is 0.274. The first-order valence-electron chi connectivity index (χ1n) is 14.4. The normalized spacial score (nSPS) is 26.9. The zero-order valence-electron chi connectivity index (χ0n) is 24.3. The van der Waals surface area contributed by atoms with Crippen LogP contribution in [-0.4, -0.2) is 43.9 Å². The number of carbonyl (C=O) groups excluding carboxylic acids is 1. The van der Waals surface area contributed by atoms with Gasteiger partial charge in [0.25, 0.3) is 5.91 Å². The lowest BCUT2D eigenvalue weighted by atomic mass is 9.43. The molecular weight excluding hydrogens is 486 g/mol. The minimum absolute atomic E-state index is 0.00600. The predicted octanol–water partition coefficient (Wildman–Crippen LogP) is 7.54. The van der Waals surface area contributed by atoms with E-state index in [-0.39, 0.29) is 34.6 Å². The number of amides is 1. The maximum absolute atomic E-state index is 14.0. The Morgan fingerprint density at radius 2 is 1.76 bits per heavy atom. The summed E-state index contributed by atoms with van der Waals surface area (Å²) in [6, 6.07) is 16.7. The van der Waals surface area contributed by atoms with Crippen molar-refractivity contribution in [1.82, 2.24) is 4.90 Å². The first-order valence-corrected chi connectivity index (χ1v) is 17.3. The van der Waals surface area contributed by atoms with E-state index in [4.69, 9.17) is 9.16 Å². The first-order chi connectivity index (χ1) is 17.9. The van der Waals surface area contributed by atoms with Crippen LogP contribution in [0.4, 0.5) is 0 Å². The van der Waals surface area contributed by atoms with Crippen molar-refractivity contribution in [3.05, 3.63) is 77.4 Å². The molecule has 1 amide bonds. The van der Waals surface area contributed by atoms with Gasteiger partial charge in [-0.3, -0.25) is 4.79 Å². The summed E-state index contributed by atoms with van der Waals surface area (Å²) in [5.41, 5.74) is 4.28. The molecule has 1 aliphatic heterocycles. The molecule has 0 bridgehead atoms. The molecule has 1 heterocycles. The van der Waals surface area contributed by atoms with Crippen molar-refractivity contribution in [2.24, 2.45) is 5.92 Å². The highest BCUT2D eigenvalue weighted by Crippen LogP contribution is 2.65. The van der Waals surface area contributed by atoms with Gasteiger partial charge in [0.05, 0.1) is 23.7 Å². The topological polar surface area (TPSA) is 38.8 Å². The van der Waals surface area contributed by atoms with Gasteiger partial charge in [0.1, 0.15) is 5.75 Å². The van der Waals surface area contributed by atoms with Crippen LogP contribution in [0.2, 0.25) is 18.1 Å². The van der Waals surface area contributed by atoms with Gasteiger partial charge in [0, 0.05) is 12.1 Å². The molecular formula is C33H45NO3Si. The van der Waals surface area contributed by atoms with Crippen molar-refractivity contribution >= 4 is 14.2 Å². The van der Waals surface area contributed by atoms with Gasteiger partial charge in [-0.25, -0.2) is 0 Å². The third-order valence-electron chi connectivity index (χ3n) is 9.70. The maximum Gasteiger partial charge on any atom is 0.254 e. The van der Waals surface area contributed by atoms with E-state index < -0.39 is 8.32 Å². The summed E-state index contributed by atoms with van der Waals surface area (Å²) < 4.78 is 13.1. The van der Waals surface area contributed by atoms with Crippen LogP contribution in [0.3, 0.4) is 0 Å². The average molecular weight is 532 g/mol. The highest BCUT2D eigenvalue weighted by atomic mass is 28.4. The van der Waals surface area contributed by atoms with E-state index in [2.05, 4.69) is 69.6 Å². The van der Waals surface area contributed by atoms with E-state index in [0.29, 0.717) is 12.5 Å². The SMILES string of the molecule is C=C1C2CCC[C@@H](O[Si](C)(C)C(C)(C)C)[C@]23c2ccccc2C(=O)N(CCc2ccc(OC(C)C)cc2)[C@H]13. The molecule has 0 N–H and O–H groups in total. The van der Waals surface area contributed by atoms with Crippen LogP contribution in [0.5, 0.6) is 5.75 Å². The Bertz CT molecular complexity index is 1210. The Kier molecular flexibility index (Phi) is 6.92. The van der Waals surface area contributed by atoms with Crippen molar-refractivity contribution < 1.29 is 14.0 Å². The third-order valence-corrected chi connectivity index (χ3v) is 14.2. The number of benzene rings is 2. The summed E-state index contributed by atoms with van der Waals surface area (Å²) in [6.07, 6.45) is 4.37. The van der Waals surface area contributed by atoms with Gasteiger partial charge in [-0.2, -0.15) is 0 Å². The van der Waals surface area contributed by atoms with Gasteiger partial charge < -0.3 is 14.1 Å². The second-order valence-electron chi connectivity index (χ2n) is 13.4. The van der Waals surface area contributed by atoms with E-state index in [1.807, 2.05) is 38.1 Å². The lowest BCUT2D eigenvalue weighted by Crippen LogP contribution is -2.76. The van der Waals surface area contributed by atoms with E-state index in [9.17, 15) is 4.79 Å². The van der Waals surface area contributed by atoms with Crippen LogP contribution in [0.1, 0.15) is 75.4 Å². The zero-order valence-corrected chi connectivity index (χ0v) is 25.3. The van der Waals surface area contributed by atoms with Crippen molar-refractivity contribution in [2.45, 2.75) is 102 Å². The van der Waals surface area contributed by atoms with Crippen LogP contribution in [0.25, 0.3) is 0 Å². The average Bonchev–Trinajstić information content (AvgIpc) is 2.85. The fourth-order valence-corrected chi connectivity index (χ4v) is 8.31. The van der Waals surface area contributed by atoms with E-state index in [0.717, 1.165) is 37.0 Å². The van der Waals surface area contributed by atoms with E-state index in [1.165, 1.54) is 16.7 Å². The van der Waals surface area contributed by atoms with Gasteiger partial charge in [-0.1, -0.05) is 64.1 Å². The van der Waals surface area contributed by atoms with Gasteiger partial charge >= 0.3 is 0 Å².